The number of aliphatic hydroxyl groups is 2. The third kappa shape index (κ3) is 4.04. The van der Waals surface area contributed by atoms with Crippen LogP contribution in [0.1, 0.15) is 109 Å². The first-order valence-corrected chi connectivity index (χ1v) is 13.9. The lowest BCUT2D eigenvalue weighted by Crippen LogP contribution is -2.52. The molecule has 3 fully saturated rings. The quantitative estimate of drug-likeness (QED) is 0.438. The van der Waals surface area contributed by atoms with Gasteiger partial charge in [0.2, 0.25) is 0 Å². The number of aliphatic hydroxyl groups excluding tert-OH is 1. The van der Waals surface area contributed by atoms with Gasteiger partial charge < -0.3 is 10.2 Å². The largest absolute Gasteiger partial charge is 0.390 e. The van der Waals surface area contributed by atoms with Gasteiger partial charge in [-0.1, -0.05) is 69.2 Å². The van der Waals surface area contributed by atoms with Gasteiger partial charge in [0.25, 0.3) is 0 Å². The Balaban J connectivity index is 1.25. The SMILES string of the molecule is CC[C@]1(O)CC[C@@]2(C)C(=CC[C@H]3[C@@H]4CC[C@H](CCC[C@@H](O)c5ccccc5)[C@@]4(C)CC[C@@H]32)C1. The average Bonchev–Trinajstić information content (AvgIpc) is 3.16. The van der Waals surface area contributed by atoms with Gasteiger partial charge in [0.15, 0.2) is 0 Å². The lowest BCUT2D eigenvalue weighted by molar-refractivity contribution is -0.0718. The van der Waals surface area contributed by atoms with Crippen LogP contribution in [0.3, 0.4) is 0 Å². The van der Waals surface area contributed by atoms with Crippen molar-refractivity contribution in [2.45, 2.75) is 110 Å². The van der Waals surface area contributed by atoms with Gasteiger partial charge in [0.1, 0.15) is 0 Å². The normalized spacial score (nSPS) is 43.2. The summed E-state index contributed by atoms with van der Waals surface area (Å²) in [6.45, 7) is 7.32. The maximum atomic E-state index is 11.0. The molecule has 0 amide bonds. The van der Waals surface area contributed by atoms with E-state index in [0.717, 1.165) is 61.3 Å². The van der Waals surface area contributed by atoms with Crippen LogP contribution in [0.2, 0.25) is 0 Å². The summed E-state index contributed by atoms with van der Waals surface area (Å²) >= 11 is 0. The van der Waals surface area contributed by atoms with Crippen molar-refractivity contribution in [2.75, 3.05) is 0 Å². The molecular formula is C31H46O2. The molecule has 2 heteroatoms. The molecule has 4 aliphatic rings. The van der Waals surface area contributed by atoms with Crippen LogP contribution in [0.5, 0.6) is 0 Å². The van der Waals surface area contributed by atoms with Crippen LogP contribution in [0.4, 0.5) is 0 Å². The van der Waals surface area contributed by atoms with Crippen LogP contribution in [-0.4, -0.2) is 15.8 Å². The first-order valence-electron chi connectivity index (χ1n) is 13.9. The molecule has 182 valence electrons. The topological polar surface area (TPSA) is 40.5 Å². The monoisotopic (exact) mass is 450 g/mol. The van der Waals surface area contributed by atoms with E-state index >= 15 is 0 Å². The highest BCUT2D eigenvalue weighted by molar-refractivity contribution is 5.27. The Bertz CT molecular complexity index is 861. The minimum absolute atomic E-state index is 0.318. The summed E-state index contributed by atoms with van der Waals surface area (Å²) in [5.74, 6) is 3.34. The highest BCUT2D eigenvalue weighted by Gasteiger charge is 2.59. The Hall–Kier alpha value is -1.12. The molecule has 0 bridgehead atoms. The second-order valence-electron chi connectivity index (χ2n) is 12.7. The molecule has 1 aromatic carbocycles. The number of fused-ring (bicyclic) bond motifs is 5. The average molecular weight is 451 g/mol. The van der Waals surface area contributed by atoms with E-state index < -0.39 is 5.60 Å². The van der Waals surface area contributed by atoms with Crippen LogP contribution in [0, 0.1) is 34.5 Å². The van der Waals surface area contributed by atoms with E-state index in [1.807, 2.05) is 18.2 Å². The first-order chi connectivity index (χ1) is 15.8. The standard InChI is InChI=1S/C31H46O2/c1-4-31(33)20-19-30(3)24(21-31)13-15-25-26-16-14-23(29(26,2)18-17-27(25)30)11-8-12-28(32)22-9-6-5-7-10-22/h5-7,9-10,13,23,25-28,32-33H,4,8,11-12,14-21H2,1-3H3/t23-,25-,26-,27-,28+,29+,30-,31-/m0/s1. The Morgan fingerprint density at radius 3 is 2.55 bits per heavy atom. The highest BCUT2D eigenvalue weighted by atomic mass is 16.3. The van der Waals surface area contributed by atoms with Gasteiger partial charge in [-0.25, -0.2) is 0 Å². The zero-order valence-corrected chi connectivity index (χ0v) is 21.2. The molecule has 0 heterocycles. The van der Waals surface area contributed by atoms with Gasteiger partial charge in [-0.15, -0.1) is 0 Å². The Morgan fingerprint density at radius 1 is 1.00 bits per heavy atom. The molecule has 0 aromatic heterocycles. The fraction of sp³-hybridized carbons (Fsp3) is 0.742. The molecule has 2 nitrogen and oxygen atoms in total. The number of hydrogen-bond donors (Lipinski definition) is 2. The summed E-state index contributed by atoms with van der Waals surface area (Å²) < 4.78 is 0. The van der Waals surface area contributed by atoms with Gasteiger partial charge in [0, 0.05) is 0 Å². The lowest BCUT2D eigenvalue weighted by atomic mass is 9.46. The van der Waals surface area contributed by atoms with Crippen molar-refractivity contribution >= 4 is 0 Å². The van der Waals surface area contributed by atoms with Crippen LogP contribution in [-0.2, 0) is 0 Å². The van der Waals surface area contributed by atoms with E-state index in [1.165, 1.54) is 44.9 Å². The fourth-order valence-corrected chi connectivity index (χ4v) is 9.00. The van der Waals surface area contributed by atoms with Gasteiger partial charge in [-0.3, -0.25) is 0 Å². The summed E-state index contributed by atoms with van der Waals surface area (Å²) in [5, 5.41) is 21.6. The summed E-state index contributed by atoms with van der Waals surface area (Å²) in [7, 11) is 0. The lowest BCUT2D eigenvalue weighted by Gasteiger charge is -2.59. The predicted octanol–water partition coefficient (Wildman–Crippen LogP) is 7.61. The highest BCUT2D eigenvalue weighted by Crippen LogP contribution is 2.67. The summed E-state index contributed by atoms with van der Waals surface area (Å²) in [5.41, 5.74) is 3.01. The Kier molecular flexibility index (Phi) is 6.32. The minimum Gasteiger partial charge on any atom is -0.390 e. The van der Waals surface area contributed by atoms with Crippen molar-refractivity contribution in [1.29, 1.82) is 0 Å². The van der Waals surface area contributed by atoms with Crippen LogP contribution in [0.25, 0.3) is 0 Å². The van der Waals surface area contributed by atoms with Gasteiger partial charge >= 0.3 is 0 Å². The molecule has 0 radical (unpaired) electrons. The van der Waals surface area contributed by atoms with E-state index in [4.69, 9.17) is 0 Å². The minimum atomic E-state index is -0.454. The molecule has 3 saturated carbocycles. The number of benzene rings is 1. The maximum absolute atomic E-state index is 11.0. The summed E-state index contributed by atoms with van der Waals surface area (Å²) in [6.07, 6.45) is 16.3. The van der Waals surface area contributed by atoms with Crippen molar-refractivity contribution in [3.63, 3.8) is 0 Å². The van der Waals surface area contributed by atoms with Crippen LogP contribution in [0.15, 0.2) is 42.0 Å². The van der Waals surface area contributed by atoms with Gasteiger partial charge in [0.05, 0.1) is 11.7 Å². The predicted molar refractivity (Wildman–Crippen MR) is 136 cm³/mol. The Labute approximate surface area is 201 Å². The number of rotatable bonds is 6. The zero-order chi connectivity index (χ0) is 23.3. The molecule has 8 atom stereocenters. The molecule has 1 aromatic rings. The third-order valence-corrected chi connectivity index (χ3v) is 11.3. The number of allylic oxidation sites excluding steroid dienone is 1. The molecule has 5 rings (SSSR count). The van der Waals surface area contributed by atoms with Crippen molar-refractivity contribution in [1.82, 2.24) is 0 Å². The molecule has 0 saturated heterocycles. The van der Waals surface area contributed by atoms with E-state index in [1.54, 1.807) is 5.57 Å². The van der Waals surface area contributed by atoms with E-state index in [9.17, 15) is 10.2 Å². The van der Waals surface area contributed by atoms with Gasteiger partial charge in [-0.05, 0) is 111 Å². The second kappa shape index (κ2) is 8.83. The second-order valence-corrected chi connectivity index (χ2v) is 12.7. The molecule has 0 unspecified atom stereocenters. The molecular weight excluding hydrogens is 404 g/mol. The first kappa shape index (κ1) is 23.6. The third-order valence-electron chi connectivity index (χ3n) is 11.3. The Morgan fingerprint density at radius 2 is 1.79 bits per heavy atom. The van der Waals surface area contributed by atoms with Crippen LogP contribution >= 0.6 is 0 Å². The zero-order valence-electron chi connectivity index (χ0n) is 21.2. The summed E-state index contributed by atoms with van der Waals surface area (Å²) in [6, 6.07) is 10.2. The smallest absolute Gasteiger partial charge is 0.0790 e. The summed E-state index contributed by atoms with van der Waals surface area (Å²) in [4.78, 5) is 0. The van der Waals surface area contributed by atoms with Crippen molar-refractivity contribution < 1.29 is 10.2 Å². The molecule has 0 spiro atoms. The van der Waals surface area contributed by atoms with Crippen molar-refractivity contribution in [2.24, 2.45) is 34.5 Å². The van der Waals surface area contributed by atoms with E-state index in [2.05, 4.69) is 39.0 Å². The van der Waals surface area contributed by atoms with E-state index in [-0.39, 0.29) is 6.10 Å². The molecule has 2 N–H and O–H groups in total. The van der Waals surface area contributed by atoms with Crippen molar-refractivity contribution in [3.8, 4) is 0 Å². The number of hydrogen-bond acceptors (Lipinski definition) is 2. The molecule has 4 aliphatic carbocycles. The van der Waals surface area contributed by atoms with E-state index in [0.29, 0.717) is 10.8 Å². The van der Waals surface area contributed by atoms with Crippen molar-refractivity contribution in [3.05, 3.63) is 47.5 Å². The van der Waals surface area contributed by atoms with Gasteiger partial charge in [-0.2, -0.15) is 0 Å². The van der Waals surface area contributed by atoms with Crippen LogP contribution < -0.4 is 0 Å². The maximum Gasteiger partial charge on any atom is 0.0790 e. The molecule has 0 aliphatic heterocycles. The molecule has 33 heavy (non-hydrogen) atoms. The fourth-order valence-electron chi connectivity index (χ4n) is 9.00.